The second kappa shape index (κ2) is 3.30. The maximum absolute atomic E-state index is 11.0. The van der Waals surface area contributed by atoms with Gasteiger partial charge in [0.05, 0.1) is 5.52 Å². The van der Waals surface area contributed by atoms with Crippen LogP contribution >= 0.6 is 0 Å². The van der Waals surface area contributed by atoms with Gasteiger partial charge in [-0.2, -0.15) is 0 Å². The Morgan fingerprint density at radius 1 is 1.44 bits per heavy atom. The van der Waals surface area contributed by atoms with Crippen molar-refractivity contribution in [2.45, 2.75) is 26.2 Å². The molecule has 0 radical (unpaired) electrons. The molecule has 0 saturated carbocycles. The third kappa shape index (κ3) is 1.64. The van der Waals surface area contributed by atoms with Gasteiger partial charge in [-0.1, -0.05) is 20.8 Å². The molecule has 0 aliphatic carbocycles. The Kier molecular flexibility index (Phi) is 2.18. The lowest BCUT2D eigenvalue weighted by Crippen LogP contribution is -2.13. The first-order valence-electron chi connectivity index (χ1n) is 4.98. The van der Waals surface area contributed by atoms with E-state index in [9.17, 15) is 4.79 Å². The quantitative estimate of drug-likeness (QED) is 0.768. The van der Waals surface area contributed by atoms with Gasteiger partial charge in [0.2, 0.25) is 0 Å². The van der Waals surface area contributed by atoms with E-state index in [0.717, 1.165) is 5.82 Å². The summed E-state index contributed by atoms with van der Waals surface area (Å²) in [5.74, 6) is -0.296. The Morgan fingerprint density at radius 3 is 2.69 bits per heavy atom. The Labute approximate surface area is 92.5 Å². The van der Waals surface area contributed by atoms with Crippen molar-refractivity contribution in [1.29, 1.82) is 0 Å². The van der Waals surface area contributed by atoms with E-state index in [1.54, 1.807) is 6.07 Å². The molecule has 2 N–H and O–H groups in total. The van der Waals surface area contributed by atoms with Crippen molar-refractivity contribution in [2.75, 3.05) is 0 Å². The van der Waals surface area contributed by atoms with E-state index in [1.807, 2.05) is 20.8 Å². The first-order chi connectivity index (χ1) is 7.39. The van der Waals surface area contributed by atoms with E-state index in [0.29, 0.717) is 11.0 Å². The number of fused-ring (bicyclic) bond motifs is 1. The highest BCUT2D eigenvalue weighted by Crippen LogP contribution is 2.23. The van der Waals surface area contributed by atoms with Gasteiger partial charge in [-0.25, -0.2) is 14.8 Å². The van der Waals surface area contributed by atoms with Crippen LogP contribution in [0.25, 0.3) is 11.0 Å². The Bertz CT molecular complexity index is 552. The molecular formula is C11H13N3O2. The second-order valence-electron chi connectivity index (χ2n) is 4.70. The molecule has 0 aliphatic rings. The highest BCUT2D eigenvalue weighted by Gasteiger charge is 2.21. The summed E-state index contributed by atoms with van der Waals surface area (Å²) >= 11 is 0. The fraction of sp³-hybridized carbons (Fsp3) is 0.364. The number of aromatic amines is 1. The van der Waals surface area contributed by atoms with Gasteiger partial charge in [0.1, 0.15) is 11.3 Å². The Balaban J connectivity index is 2.71. The maximum atomic E-state index is 11.0. The van der Waals surface area contributed by atoms with Gasteiger partial charge in [-0.3, -0.25) is 0 Å². The largest absolute Gasteiger partial charge is 0.476 e. The molecule has 0 fully saturated rings. The summed E-state index contributed by atoms with van der Waals surface area (Å²) < 4.78 is 0. The summed E-state index contributed by atoms with van der Waals surface area (Å²) in [4.78, 5) is 22.2. The molecule has 0 aliphatic heterocycles. The normalized spacial score (nSPS) is 11.9. The van der Waals surface area contributed by atoms with Gasteiger partial charge in [0.25, 0.3) is 0 Å². The summed E-state index contributed by atoms with van der Waals surface area (Å²) in [6.07, 6.45) is 1.47. The van der Waals surface area contributed by atoms with Crippen LogP contribution < -0.4 is 0 Å². The van der Waals surface area contributed by atoms with Crippen molar-refractivity contribution in [3.63, 3.8) is 0 Å². The second-order valence-corrected chi connectivity index (χ2v) is 4.70. The van der Waals surface area contributed by atoms with Gasteiger partial charge in [0.15, 0.2) is 5.69 Å². The van der Waals surface area contributed by atoms with Crippen LogP contribution in [0.15, 0.2) is 12.3 Å². The van der Waals surface area contributed by atoms with E-state index >= 15 is 0 Å². The minimum Gasteiger partial charge on any atom is -0.476 e. The lowest BCUT2D eigenvalue weighted by Gasteiger charge is -2.13. The van der Waals surface area contributed by atoms with Gasteiger partial charge < -0.3 is 10.1 Å². The van der Waals surface area contributed by atoms with E-state index in [4.69, 9.17) is 5.11 Å². The van der Waals surface area contributed by atoms with Crippen LogP contribution in [-0.2, 0) is 5.41 Å². The number of carbonyl (C=O) groups is 1. The summed E-state index contributed by atoms with van der Waals surface area (Å²) in [5, 5.41) is 8.98. The molecule has 0 unspecified atom stereocenters. The zero-order chi connectivity index (χ0) is 11.9. The van der Waals surface area contributed by atoms with Gasteiger partial charge in [0, 0.05) is 11.6 Å². The molecule has 16 heavy (non-hydrogen) atoms. The summed E-state index contributed by atoms with van der Waals surface area (Å²) in [6, 6.07) is 1.73. The first kappa shape index (κ1) is 10.6. The number of aromatic carboxylic acids is 1. The topological polar surface area (TPSA) is 78.9 Å². The van der Waals surface area contributed by atoms with Gasteiger partial charge >= 0.3 is 5.97 Å². The van der Waals surface area contributed by atoms with Gasteiger partial charge in [-0.15, -0.1) is 0 Å². The molecule has 2 rings (SSSR count). The average molecular weight is 219 g/mol. The number of aromatic nitrogens is 3. The molecule has 2 aromatic heterocycles. The SMILES string of the molecule is CC(C)(C)c1nc2c(C(=O)O)nccc2[nH]1. The monoisotopic (exact) mass is 219 g/mol. The average Bonchev–Trinajstić information content (AvgIpc) is 2.59. The fourth-order valence-corrected chi connectivity index (χ4v) is 1.45. The molecule has 0 amide bonds. The van der Waals surface area contributed by atoms with E-state index in [2.05, 4.69) is 15.0 Å². The van der Waals surface area contributed by atoms with Crippen LogP contribution in [0.5, 0.6) is 0 Å². The number of carboxylic acid groups (broad SMARTS) is 1. The maximum Gasteiger partial charge on any atom is 0.356 e. The summed E-state index contributed by atoms with van der Waals surface area (Å²) in [7, 11) is 0. The summed E-state index contributed by atoms with van der Waals surface area (Å²) in [6.45, 7) is 6.04. The molecule has 2 aromatic rings. The van der Waals surface area contributed by atoms with E-state index in [-0.39, 0.29) is 11.1 Å². The number of pyridine rings is 1. The molecule has 0 bridgehead atoms. The zero-order valence-corrected chi connectivity index (χ0v) is 9.40. The van der Waals surface area contributed by atoms with Crippen molar-refractivity contribution in [2.24, 2.45) is 0 Å². The predicted molar refractivity (Wildman–Crippen MR) is 59.5 cm³/mol. The highest BCUT2D eigenvalue weighted by atomic mass is 16.4. The third-order valence-corrected chi connectivity index (χ3v) is 2.31. The lowest BCUT2D eigenvalue weighted by atomic mass is 9.96. The predicted octanol–water partition coefficient (Wildman–Crippen LogP) is 1.95. The van der Waals surface area contributed by atoms with Crippen LogP contribution in [0.1, 0.15) is 37.1 Å². The van der Waals surface area contributed by atoms with Crippen molar-refractivity contribution < 1.29 is 9.90 Å². The van der Waals surface area contributed by atoms with Gasteiger partial charge in [-0.05, 0) is 6.07 Å². The highest BCUT2D eigenvalue weighted by molar-refractivity contribution is 5.98. The van der Waals surface area contributed by atoms with Crippen LogP contribution in [0.4, 0.5) is 0 Å². The molecular weight excluding hydrogens is 206 g/mol. The van der Waals surface area contributed by atoms with Crippen molar-refractivity contribution in [3.05, 3.63) is 23.8 Å². The molecule has 5 nitrogen and oxygen atoms in total. The molecule has 0 atom stereocenters. The molecule has 0 spiro atoms. The summed E-state index contributed by atoms with van der Waals surface area (Å²) in [5.41, 5.74) is 0.968. The lowest BCUT2D eigenvalue weighted by molar-refractivity contribution is 0.0692. The first-order valence-corrected chi connectivity index (χ1v) is 4.98. The Morgan fingerprint density at radius 2 is 2.12 bits per heavy atom. The molecule has 0 saturated heterocycles. The standard InChI is InChI=1S/C11H13N3O2/c1-11(2,3)10-13-6-4-5-12-8(9(15)16)7(6)14-10/h4-5H,1-3H3,(H,13,14)(H,15,16). The van der Waals surface area contributed by atoms with Crippen molar-refractivity contribution in [1.82, 2.24) is 15.0 Å². The van der Waals surface area contributed by atoms with Crippen LogP contribution in [0.3, 0.4) is 0 Å². The minimum absolute atomic E-state index is 0.00995. The molecule has 84 valence electrons. The fourth-order valence-electron chi connectivity index (χ4n) is 1.45. The number of imidazole rings is 1. The number of nitrogens with one attached hydrogen (secondary N) is 1. The number of H-pyrrole nitrogens is 1. The van der Waals surface area contributed by atoms with Crippen LogP contribution in [0, 0.1) is 0 Å². The minimum atomic E-state index is -1.06. The number of nitrogens with zero attached hydrogens (tertiary/aromatic N) is 2. The molecule has 2 heterocycles. The number of rotatable bonds is 1. The third-order valence-electron chi connectivity index (χ3n) is 2.31. The van der Waals surface area contributed by atoms with Crippen molar-refractivity contribution >= 4 is 17.0 Å². The van der Waals surface area contributed by atoms with Crippen LogP contribution in [0.2, 0.25) is 0 Å². The Hall–Kier alpha value is -1.91. The molecule has 5 heteroatoms. The number of hydrogen-bond acceptors (Lipinski definition) is 3. The number of hydrogen-bond donors (Lipinski definition) is 2. The number of carboxylic acids is 1. The van der Waals surface area contributed by atoms with E-state index in [1.165, 1.54) is 6.20 Å². The zero-order valence-electron chi connectivity index (χ0n) is 9.40. The van der Waals surface area contributed by atoms with E-state index < -0.39 is 5.97 Å². The van der Waals surface area contributed by atoms with Crippen LogP contribution in [-0.4, -0.2) is 26.0 Å². The van der Waals surface area contributed by atoms with Crippen molar-refractivity contribution in [3.8, 4) is 0 Å². The smallest absolute Gasteiger partial charge is 0.356 e. The molecule has 0 aromatic carbocycles.